The van der Waals surface area contributed by atoms with E-state index < -0.39 is 0 Å². The van der Waals surface area contributed by atoms with Crippen molar-refractivity contribution in [1.29, 1.82) is 0 Å². The molecule has 1 aromatic heterocycles. The Labute approximate surface area is 108 Å². The summed E-state index contributed by atoms with van der Waals surface area (Å²) in [4.78, 5) is 23.2. The first kappa shape index (κ1) is 12.4. The minimum absolute atomic E-state index is 0.167. The Morgan fingerprint density at radius 3 is 2.82 bits per heavy atom. The summed E-state index contributed by atoms with van der Waals surface area (Å²) in [6, 6.07) is 3.02. The molecule has 1 aliphatic carbocycles. The highest BCUT2D eigenvalue weighted by Gasteiger charge is 2.41. The van der Waals surface area contributed by atoms with Crippen LogP contribution in [0, 0.1) is 5.41 Å². The van der Waals surface area contributed by atoms with E-state index in [9.17, 15) is 9.59 Å². The zero-order valence-electron chi connectivity index (χ0n) is 9.70. The lowest BCUT2D eigenvalue weighted by Crippen LogP contribution is -2.32. The number of nitrogens with zero attached hydrogens (tertiary/aromatic N) is 1. The highest BCUT2D eigenvalue weighted by atomic mass is 79.9. The molecule has 1 fully saturated rings. The Morgan fingerprint density at radius 2 is 2.29 bits per heavy atom. The van der Waals surface area contributed by atoms with Gasteiger partial charge in [0.05, 0.1) is 0 Å². The molecule has 1 amide bonds. The predicted molar refractivity (Wildman–Crippen MR) is 69.5 cm³/mol. The molecular weight excluding hydrogens is 284 g/mol. The van der Waals surface area contributed by atoms with Gasteiger partial charge in [-0.2, -0.15) is 0 Å². The first-order valence-corrected chi connectivity index (χ1v) is 6.69. The number of rotatable bonds is 4. The Kier molecular flexibility index (Phi) is 3.38. The van der Waals surface area contributed by atoms with Crippen LogP contribution in [0.25, 0.3) is 0 Å². The third-order valence-electron chi connectivity index (χ3n) is 3.23. The van der Waals surface area contributed by atoms with Crippen molar-refractivity contribution in [1.82, 2.24) is 9.88 Å². The van der Waals surface area contributed by atoms with E-state index in [0.717, 1.165) is 18.2 Å². The van der Waals surface area contributed by atoms with E-state index in [0.29, 0.717) is 12.1 Å². The van der Waals surface area contributed by atoms with Crippen LogP contribution in [0.15, 0.2) is 23.1 Å². The Balaban J connectivity index is 2.00. The molecule has 1 aromatic rings. The molecule has 0 spiro atoms. The monoisotopic (exact) mass is 298 g/mol. The minimum atomic E-state index is -0.171. The van der Waals surface area contributed by atoms with Crippen molar-refractivity contribution in [3.8, 4) is 0 Å². The molecule has 0 saturated heterocycles. The number of halogens is 1. The van der Waals surface area contributed by atoms with Gasteiger partial charge in [0.25, 0.3) is 11.5 Å². The van der Waals surface area contributed by atoms with Crippen LogP contribution in [-0.2, 0) is 7.05 Å². The van der Waals surface area contributed by atoms with Gasteiger partial charge in [0.2, 0.25) is 0 Å². The summed E-state index contributed by atoms with van der Waals surface area (Å²) < 4.78 is 1.44. The van der Waals surface area contributed by atoms with Crippen LogP contribution in [0.1, 0.15) is 23.2 Å². The number of hydrogen-bond acceptors (Lipinski definition) is 2. The summed E-state index contributed by atoms with van der Waals surface area (Å²) in [6.07, 6.45) is 3.90. The highest BCUT2D eigenvalue weighted by molar-refractivity contribution is 9.09. The van der Waals surface area contributed by atoms with Gasteiger partial charge >= 0.3 is 0 Å². The predicted octanol–water partition coefficient (Wildman–Crippen LogP) is 1.29. The largest absolute Gasteiger partial charge is 0.351 e. The van der Waals surface area contributed by atoms with E-state index in [1.54, 1.807) is 19.3 Å². The summed E-state index contributed by atoms with van der Waals surface area (Å²) in [6.45, 7) is 0.673. The highest BCUT2D eigenvalue weighted by Crippen LogP contribution is 2.46. The molecule has 5 heteroatoms. The third kappa shape index (κ3) is 2.77. The maximum atomic E-state index is 11.8. The average molecular weight is 299 g/mol. The number of carbonyl (C=O) groups is 1. The van der Waals surface area contributed by atoms with Gasteiger partial charge in [0.15, 0.2) is 0 Å². The molecule has 4 nitrogen and oxygen atoms in total. The van der Waals surface area contributed by atoms with E-state index in [4.69, 9.17) is 0 Å². The molecule has 0 aromatic carbocycles. The standard InChI is InChI=1S/C12H15BrN2O2/c1-15-5-2-9(6-10(15)16)11(17)14-8-12(7-13)3-4-12/h2,5-6H,3-4,7-8H2,1H3,(H,14,17). The average Bonchev–Trinajstić information content (AvgIpc) is 3.10. The van der Waals surface area contributed by atoms with E-state index in [1.165, 1.54) is 10.6 Å². The molecule has 0 unspecified atom stereocenters. The van der Waals surface area contributed by atoms with Gasteiger partial charge < -0.3 is 9.88 Å². The van der Waals surface area contributed by atoms with Gasteiger partial charge in [-0.3, -0.25) is 9.59 Å². The number of pyridine rings is 1. The third-order valence-corrected chi connectivity index (χ3v) is 4.42. The molecule has 1 aliphatic rings. The van der Waals surface area contributed by atoms with E-state index in [2.05, 4.69) is 21.2 Å². The fraction of sp³-hybridized carbons (Fsp3) is 0.500. The fourth-order valence-corrected chi connectivity index (χ4v) is 2.35. The molecule has 0 atom stereocenters. The SMILES string of the molecule is Cn1ccc(C(=O)NCC2(CBr)CC2)cc1=O. The summed E-state index contributed by atoms with van der Waals surface area (Å²) in [5, 5.41) is 3.80. The lowest BCUT2D eigenvalue weighted by molar-refractivity contribution is 0.0946. The zero-order chi connectivity index (χ0) is 12.5. The van der Waals surface area contributed by atoms with E-state index in [-0.39, 0.29) is 16.9 Å². The van der Waals surface area contributed by atoms with Crippen LogP contribution in [0.4, 0.5) is 0 Å². The summed E-state index contributed by atoms with van der Waals surface area (Å²) in [5.74, 6) is -0.171. The van der Waals surface area contributed by atoms with Gasteiger partial charge in [-0.15, -0.1) is 0 Å². The second kappa shape index (κ2) is 4.64. The molecule has 0 aliphatic heterocycles. The normalized spacial score (nSPS) is 16.6. The molecular formula is C12H15BrN2O2. The van der Waals surface area contributed by atoms with Crippen molar-refractivity contribution in [3.05, 3.63) is 34.2 Å². The molecule has 0 radical (unpaired) electrons. The van der Waals surface area contributed by atoms with Crippen molar-refractivity contribution in [2.75, 3.05) is 11.9 Å². The van der Waals surface area contributed by atoms with Gasteiger partial charge in [0.1, 0.15) is 0 Å². The van der Waals surface area contributed by atoms with Crippen molar-refractivity contribution in [2.45, 2.75) is 12.8 Å². The number of amides is 1. The van der Waals surface area contributed by atoms with Crippen molar-refractivity contribution in [3.63, 3.8) is 0 Å². The molecule has 92 valence electrons. The van der Waals surface area contributed by atoms with Crippen molar-refractivity contribution in [2.24, 2.45) is 12.5 Å². The lowest BCUT2D eigenvalue weighted by atomic mass is 10.1. The van der Waals surface area contributed by atoms with Crippen LogP contribution >= 0.6 is 15.9 Å². The van der Waals surface area contributed by atoms with Crippen LogP contribution in [-0.4, -0.2) is 22.3 Å². The lowest BCUT2D eigenvalue weighted by Gasteiger charge is -2.12. The molecule has 17 heavy (non-hydrogen) atoms. The number of hydrogen-bond donors (Lipinski definition) is 1. The quantitative estimate of drug-likeness (QED) is 0.852. The van der Waals surface area contributed by atoms with Crippen molar-refractivity contribution < 1.29 is 4.79 Å². The molecule has 0 bridgehead atoms. The minimum Gasteiger partial charge on any atom is -0.351 e. The Hall–Kier alpha value is -1.10. The van der Waals surface area contributed by atoms with Crippen LogP contribution in [0.5, 0.6) is 0 Å². The Morgan fingerprint density at radius 1 is 1.59 bits per heavy atom. The van der Waals surface area contributed by atoms with E-state index in [1.807, 2.05) is 0 Å². The molecule has 1 heterocycles. The first-order chi connectivity index (χ1) is 8.06. The van der Waals surface area contributed by atoms with Crippen LogP contribution in [0.3, 0.4) is 0 Å². The maximum absolute atomic E-state index is 11.8. The number of aromatic nitrogens is 1. The summed E-state index contributed by atoms with van der Waals surface area (Å²) in [5.41, 5.74) is 0.507. The zero-order valence-corrected chi connectivity index (χ0v) is 11.3. The van der Waals surface area contributed by atoms with Gasteiger partial charge in [-0.05, 0) is 24.3 Å². The fourth-order valence-electron chi connectivity index (χ4n) is 1.59. The van der Waals surface area contributed by atoms with Crippen LogP contribution in [0.2, 0.25) is 0 Å². The van der Waals surface area contributed by atoms with Gasteiger partial charge in [-0.1, -0.05) is 15.9 Å². The number of nitrogens with one attached hydrogen (secondary N) is 1. The molecule has 1 N–H and O–H groups in total. The second-order valence-corrected chi connectivity index (χ2v) is 5.24. The van der Waals surface area contributed by atoms with Crippen molar-refractivity contribution >= 4 is 21.8 Å². The molecule has 1 saturated carbocycles. The maximum Gasteiger partial charge on any atom is 0.251 e. The first-order valence-electron chi connectivity index (χ1n) is 5.57. The summed E-state index contributed by atoms with van der Waals surface area (Å²) >= 11 is 3.46. The summed E-state index contributed by atoms with van der Waals surface area (Å²) in [7, 11) is 1.66. The van der Waals surface area contributed by atoms with Gasteiger partial charge in [0, 0.05) is 36.7 Å². The van der Waals surface area contributed by atoms with Crippen LogP contribution < -0.4 is 10.9 Å². The smallest absolute Gasteiger partial charge is 0.251 e. The number of aryl methyl sites for hydroxylation is 1. The Bertz CT molecular complexity index is 492. The molecule has 2 rings (SSSR count). The van der Waals surface area contributed by atoms with E-state index >= 15 is 0 Å². The number of carbonyl (C=O) groups excluding carboxylic acids is 1. The second-order valence-electron chi connectivity index (χ2n) is 4.68. The number of alkyl halides is 1. The van der Waals surface area contributed by atoms with Gasteiger partial charge in [-0.25, -0.2) is 0 Å². The topological polar surface area (TPSA) is 51.1 Å².